The summed E-state index contributed by atoms with van der Waals surface area (Å²) in [6.07, 6.45) is 2.56. The maximum atomic E-state index is 8.99. The fraction of sp³-hybridized carbons (Fsp3) is 0.571. The van der Waals surface area contributed by atoms with E-state index in [1.165, 1.54) is 25.9 Å². The molecule has 0 atom stereocenters. The molecule has 1 aliphatic heterocycles. The first kappa shape index (κ1) is 14.4. The third-order valence-corrected chi connectivity index (χ3v) is 3.73. The molecule has 104 valence electrons. The van der Waals surface area contributed by atoms with Crippen molar-refractivity contribution in [2.45, 2.75) is 19.8 Å². The largest absolute Gasteiger partial charge is 0.492 e. The Hall–Kier alpha value is -1.04. The van der Waals surface area contributed by atoms with Crippen LogP contribution in [0.2, 0.25) is 0 Å². The summed E-state index contributed by atoms with van der Waals surface area (Å²) in [5.41, 5.74) is 0.484. The molecule has 1 heterocycles. The van der Waals surface area contributed by atoms with Crippen molar-refractivity contribution in [2.24, 2.45) is 5.92 Å². The highest BCUT2D eigenvalue weighted by atomic mass is 16.5. The number of benzene rings is 1. The van der Waals surface area contributed by atoms with E-state index in [0.29, 0.717) is 12.1 Å². The van der Waals surface area contributed by atoms with Crippen LogP contribution >= 0.6 is 0 Å². The number of nitrogens with zero attached hydrogens (tertiary/aromatic N) is 1. The van der Waals surface area contributed by atoms with E-state index in [-0.39, 0.29) is 0 Å². The van der Waals surface area contributed by atoms with E-state index in [1.807, 2.05) is 0 Å². The predicted octanol–water partition coefficient (Wildman–Crippen LogP) is 0.477. The van der Waals surface area contributed by atoms with Gasteiger partial charge in [0.1, 0.15) is 12.4 Å². The third-order valence-electron chi connectivity index (χ3n) is 3.73. The van der Waals surface area contributed by atoms with Gasteiger partial charge in [0, 0.05) is 6.54 Å². The molecule has 0 radical (unpaired) electrons. The first-order chi connectivity index (χ1) is 9.15. The van der Waals surface area contributed by atoms with Crippen molar-refractivity contribution in [3.05, 3.63) is 24.3 Å². The summed E-state index contributed by atoms with van der Waals surface area (Å²) in [7, 11) is -1.41. The van der Waals surface area contributed by atoms with Crippen molar-refractivity contribution in [1.29, 1.82) is 0 Å². The summed E-state index contributed by atoms with van der Waals surface area (Å²) in [5.74, 6) is 1.63. The van der Waals surface area contributed by atoms with Gasteiger partial charge in [-0.2, -0.15) is 0 Å². The third kappa shape index (κ3) is 4.53. The molecule has 1 aliphatic rings. The van der Waals surface area contributed by atoms with E-state index in [0.717, 1.165) is 18.2 Å². The highest BCUT2D eigenvalue weighted by molar-refractivity contribution is 6.58. The second kappa shape index (κ2) is 6.94. The minimum Gasteiger partial charge on any atom is -0.492 e. The SMILES string of the molecule is CC1CCN(CCOc2ccc(B(O)O)cc2)CC1. The Bertz CT molecular complexity index is 375. The zero-order valence-electron chi connectivity index (χ0n) is 11.5. The van der Waals surface area contributed by atoms with Gasteiger partial charge in [0.2, 0.25) is 0 Å². The van der Waals surface area contributed by atoms with Crippen molar-refractivity contribution in [3.8, 4) is 5.75 Å². The van der Waals surface area contributed by atoms with Crippen LogP contribution in [0, 0.1) is 5.92 Å². The van der Waals surface area contributed by atoms with Crippen LogP contribution in [0.1, 0.15) is 19.8 Å². The van der Waals surface area contributed by atoms with E-state index < -0.39 is 7.12 Å². The van der Waals surface area contributed by atoms with Gasteiger partial charge in [-0.1, -0.05) is 19.1 Å². The highest BCUT2D eigenvalue weighted by Crippen LogP contribution is 2.15. The second-order valence-corrected chi connectivity index (χ2v) is 5.32. The fourth-order valence-electron chi connectivity index (χ4n) is 2.31. The standard InChI is InChI=1S/C14H22BNO3/c1-12-6-8-16(9-7-12)10-11-19-14-4-2-13(3-5-14)15(17)18/h2-5,12,17-18H,6-11H2,1H3. The average Bonchev–Trinajstić information content (AvgIpc) is 2.41. The Labute approximate surface area is 115 Å². The van der Waals surface area contributed by atoms with Gasteiger partial charge in [-0.3, -0.25) is 4.90 Å². The number of hydrogen-bond acceptors (Lipinski definition) is 4. The summed E-state index contributed by atoms with van der Waals surface area (Å²) in [4.78, 5) is 2.44. The van der Waals surface area contributed by atoms with Crippen LogP contribution in [-0.2, 0) is 0 Å². The highest BCUT2D eigenvalue weighted by Gasteiger charge is 2.15. The van der Waals surface area contributed by atoms with Crippen LogP contribution in [0.25, 0.3) is 0 Å². The molecule has 5 heteroatoms. The number of rotatable bonds is 5. The van der Waals surface area contributed by atoms with Crippen LogP contribution in [0.15, 0.2) is 24.3 Å². The number of ether oxygens (including phenoxy) is 1. The van der Waals surface area contributed by atoms with Crippen molar-refractivity contribution in [1.82, 2.24) is 4.90 Å². The number of piperidine rings is 1. The smallest absolute Gasteiger partial charge is 0.488 e. The summed E-state index contributed by atoms with van der Waals surface area (Å²) in [5, 5.41) is 18.0. The molecule has 0 spiro atoms. The first-order valence-electron chi connectivity index (χ1n) is 6.96. The molecule has 19 heavy (non-hydrogen) atoms. The lowest BCUT2D eigenvalue weighted by molar-refractivity contribution is 0.160. The Morgan fingerprint density at radius 2 is 1.84 bits per heavy atom. The maximum Gasteiger partial charge on any atom is 0.488 e. The molecule has 4 nitrogen and oxygen atoms in total. The van der Waals surface area contributed by atoms with Gasteiger partial charge < -0.3 is 14.8 Å². The number of likely N-dealkylation sites (tertiary alicyclic amines) is 1. The van der Waals surface area contributed by atoms with Gasteiger partial charge in [0.15, 0.2) is 0 Å². The summed E-state index contributed by atoms with van der Waals surface area (Å²) in [6.45, 7) is 6.28. The van der Waals surface area contributed by atoms with Crippen LogP contribution in [0.5, 0.6) is 5.75 Å². The lowest BCUT2D eigenvalue weighted by Gasteiger charge is -2.29. The van der Waals surface area contributed by atoms with Gasteiger partial charge >= 0.3 is 7.12 Å². The Balaban J connectivity index is 1.70. The number of hydrogen-bond donors (Lipinski definition) is 2. The molecule has 1 aromatic rings. The zero-order valence-corrected chi connectivity index (χ0v) is 11.5. The minimum atomic E-state index is -1.41. The second-order valence-electron chi connectivity index (χ2n) is 5.32. The fourth-order valence-corrected chi connectivity index (χ4v) is 2.31. The maximum absolute atomic E-state index is 8.99. The van der Waals surface area contributed by atoms with E-state index in [2.05, 4.69) is 11.8 Å². The molecule has 0 saturated carbocycles. The Morgan fingerprint density at radius 3 is 2.42 bits per heavy atom. The topological polar surface area (TPSA) is 52.9 Å². The van der Waals surface area contributed by atoms with E-state index in [1.54, 1.807) is 24.3 Å². The monoisotopic (exact) mass is 263 g/mol. The summed E-state index contributed by atoms with van der Waals surface area (Å²) >= 11 is 0. The van der Waals surface area contributed by atoms with E-state index in [4.69, 9.17) is 14.8 Å². The van der Waals surface area contributed by atoms with Crippen molar-refractivity contribution in [3.63, 3.8) is 0 Å². The summed E-state index contributed by atoms with van der Waals surface area (Å²) in [6, 6.07) is 6.88. The van der Waals surface area contributed by atoms with E-state index in [9.17, 15) is 0 Å². The van der Waals surface area contributed by atoms with Crippen LogP contribution in [-0.4, -0.2) is 48.3 Å². The molecule has 0 aromatic heterocycles. The lowest BCUT2D eigenvalue weighted by Crippen LogP contribution is -2.35. The van der Waals surface area contributed by atoms with Crippen molar-refractivity contribution in [2.75, 3.05) is 26.2 Å². The molecule has 1 saturated heterocycles. The van der Waals surface area contributed by atoms with Crippen LogP contribution in [0.4, 0.5) is 0 Å². The molecule has 1 aromatic carbocycles. The van der Waals surface area contributed by atoms with Crippen molar-refractivity contribution >= 4 is 12.6 Å². The van der Waals surface area contributed by atoms with Crippen LogP contribution in [0.3, 0.4) is 0 Å². The molecule has 1 fully saturated rings. The molecular formula is C14H22BNO3. The summed E-state index contributed by atoms with van der Waals surface area (Å²) < 4.78 is 5.67. The van der Waals surface area contributed by atoms with Gasteiger partial charge in [0.05, 0.1) is 0 Å². The van der Waals surface area contributed by atoms with Crippen LogP contribution < -0.4 is 10.2 Å². The molecule has 0 amide bonds. The first-order valence-corrected chi connectivity index (χ1v) is 6.96. The Morgan fingerprint density at radius 1 is 1.21 bits per heavy atom. The molecule has 2 N–H and O–H groups in total. The lowest BCUT2D eigenvalue weighted by atomic mass is 9.80. The molecule has 0 aliphatic carbocycles. The van der Waals surface area contributed by atoms with Gasteiger partial charge in [-0.05, 0) is 49.4 Å². The molecule has 2 rings (SSSR count). The predicted molar refractivity (Wildman–Crippen MR) is 76.6 cm³/mol. The molecule has 0 unspecified atom stereocenters. The minimum absolute atomic E-state index is 0.484. The Kier molecular flexibility index (Phi) is 5.25. The van der Waals surface area contributed by atoms with Crippen molar-refractivity contribution < 1.29 is 14.8 Å². The quantitative estimate of drug-likeness (QED) is 0.759. The zero-order chi connectivity index (χ0) is 13.7. The van der Waals surface area contributed by atoms with Gasteiger partial charge in [0.25, 0.3) is 0 Å². The molecular weight excluding hydrogens is 241 g/mol. The van der Waals surface area contributed by atoms with Gasteiger partial charge in [-0.15, -0.1) is 0 Å². The van der Waals surface area contributed by atoms with Gasteiger partial charge in [-0.25, -0.2) is 0 Å². The average molecular weight is 263 g/mol. The molecule has 0 bridgehead atoms. The van der Waals surface area contributed by atoms with E-state index >= 15 is 0 Å². The normalized spacial score (nSPS) is 17.4.